The number of pyridine rings is 2. The van der Waals surface area contributed by atoms with E-state index in [4.69, 9.17) is 26.1 Å². The zero-order valence-corrected chi connectivity index (χ0v) is 21.2. The molecule has 4 heterocycles. The van der Waals surface area contributed by atoms with Crippen LogP contribution in [0.3, 0.4) is 0 Å². The van der Waals surface area contributed by atoms with Gasteiger partial charge in [-0.3, -0.25) is 14.0 Å². The lowest BCUT2D eigenvalue weighted by atomic mass is 10.1. The number of carbonyl (C=O) groups excluding carboxylic acids is 2. The van der Waals surface area contributed by atoms with Crippen LogP contribution in [0.2, 0.25) is 5.02 Å². The van der Waals surface area contributed by atoms with E-state index in [9.17, 15) is 14.4 Å². The molecular formula is C27H25ClN4O5. The van der Waals surface area contributed by atoms with E-state index in [1.54, 1.807) is 42.0 Å². The summed E-state index contributed by atoms with van der Waals surface area (Å²) in [6.45, 7) is 4.50. The lowest BCUT2D eigenvalue weighted by molar-refractivity contribution is 0.0521. The summed E-state index contributed by atoms with van der Waals surface area (Å²) in [5, 5.41) is 0.590. The minimum Gasteiger partial charge on any atom is -0.462 e. The van der Waals surface area contributed by atoms with Crippen LogP contribution in [-0.2, 0) is 16.0 Å². The zero-order chi connectivity index (χ0) is 26.1. The van der Waals surface area contributed by atoms with Gasteiger partial charge in [0.25, 0.3) is 11.5 Å². The summed E-state index contributed by atoms with van der Waals surface area (Å²) in [6.07, 6.45) is 3.10. The molecule has 3 aromatic heterocycles. The van der Waals surface area contributed by atoms with Gasteiger partial charge in [0, 0.05) is 23.4 Å². The van der Waals surface area contributed by atoms with Crippen LogP contribution in [0.1, 0.15) is 46.0 Å². The van der Waals surface area contributed by atoms with Crippen molar-refractivity contribution in [1.29, 1.82) is 0 Å². The Labute approximate surface area is 217 Å². The van der Waals surface area contributed by atoms with Gasteiger partial charge in [0.05, 0.1) is 24.6 Å². The van der Waals surface area contributed by atoms with Gasteiger partial charge in [-0.05, 0) is 62.6 Å². The van der Waals surface area contributed by atoms with E-state index in [-0.39, 0.29) is 46.8 Å². The number of carbonyl (C=O) groups is 2. The maximum Gasteiger partial charge on any atom is 0.341 e. The lowest BCUT2D eigenvalue weighted by Gasteiger charge is -2.18. The third-order valence-corrected chi connectivity index (χ3v) is 6.52. The summed E-state index contributed by atoms with van der Waals surface area (Å²) >= 11 is 6.09. The highest BCUT2D eigenvalue weighted by atomic mass is 35.5. The summed E-state index contributed by atoms with van der Waals surface area (Å²) in [7, 11) is 0. The number of hydrogen-bond donors (Lipinski definition) is 0. The first-order valence-corrected chi connectivity index (χ1v) is 12.4. The molecule has 4 aromatic rings. The molecule has 1 aromatic carbocycles. The fraction of sp³-hybridized carbons (Fsp3) is 0.296. The third-order valence-electron chi connectivity index (χ3n) is 6.29. The van der Waals surface area contributed by atoms with Crippen molar-refractivity contribution in [3.63, 3.8) is 0 Å². The van der Waals surface area contributed by atoms with Crippen LogP contribution in [0.15, 0.2) is 58.4 Å². The lowest BCUT2D eigenvalue weighted by Crippen LogP contribution is -2.35. The van der Waals surface area contributed by atoms with Gasteiger partial charge < -0.3 is 14.0 Å². The minimum absolute atomic E-state index is 0.00534. The van der Waals surface area contributed by atoms with Crippen LogP contribution in [0.4, 0.5) is 0 Å². The Hall–Kier alpha value is -3.82. The molecule has 1 aliphatic rings. The number of hydrogen-bond acceptors (Lipinski definition) is 6. The molecule has 10 heteroatoms. The number of halogens is 1. The van der Waals surface area contributed by atoms with Gasteiger partial charge in [-0.15, -0.1) is 0 Å². The van der Waals surface area contributed by atoms with Crippen molar-refractivity contribution in [1.82, 2.24) is 14.0 Å². The van der Waals surface area contributed by atoms with Gasteiger partial charge in [0.2, 0.25) is 0 Å². The number of amides is 1. The normalized spacial score (nSPS) is 16.0. The third kappa shape index (κ3) is 4.80. The fourth-order valence-electron chi connectivity index (χ4n) is 4.51. The molecule has 1 amide bonds. The number of aryl methyl sites for hydroxylation is 1. The predicted molar refractivity (Wildman–Crippen MR) is 138 cm³/mol. The standard InChI is InChI=1S/C27H25ClN4O5/c1-3-36-27(35)21-14-20-23(29-22-16(2)7-5-11-31(22)26(20)34)32(15-19-10-6-12-37-19)24(21)30-25(33)17-8-4-9-18(28)13-17/h4-5,7-9,11,13-14,19H,3,6,10,12,15H2,1-2H3/t19-/m0/s1. The summed E-state index contributed by atoms with van der Waals surface area (Å²) < 4.78 is 14.2. The monoisotopic (exact) mass is 520 g/mol. The molecule has 0 unspecified atom stereocenters. The molecule has 0 N–H and O–H groups in total. The predicted octanol–water partition coefficient (Wildman–Crippen LogP) is 3.71. The second kappa shape index (κ2) is 10.3. The van der Waals surface area contributed by atoms with E-state index in [2.05, 4.69) is 4.99 Å². The Balaban J connectivity index is 1.88. The van der Waals surface area contributed by atoms with E-state index < -0.39 is 11.9 Å². The highest BCUT2D eigenvalue weighted by Gasteiger charge is 2.24. The Kier molecular flexibility index (Phi) is 6.90. The number of nitrogens with zero attached hydrogens (tertiary/aromatic N) is 4. The zero-order valence-electron chi connectivity index (χ0n) is 20.4. The highest BCUT2D eigenvalue weighted by molar-refractivity contribution is 6.31. The Morgan fingerprint density at radius 1 is 1.22 bits per heavy atom. The average molecular weight is 521 g/mol. The summed E-state index contributed by atoms with van der Waals surface area (Å²) in [5.41, 5.74) is 1.53. The maximum absolute atomic E-state index is 13.6. The average Bonchev–Trinajstić information content (AvgIpc) is 3.39. The molecule has 0 saturated carbocycles. The number of benzene rings is 1. The molecule has 190 valence electrons. The number of rotatable bonds is 5. The molecule has 0 spiro atoms. The van der Waals surface area contributed by atoms with Gasteiger partial charge in [0.15, 0.2) is 5.49 Å². The number of esters is 1. The van der Waals surface area contributed by atoms with Crippen molar-refractivity contribution in [2.45, 2.75) is 39.3 Å². The molecule has 1 saturated heterocycles. The molecular weight excluding hydrogens is 496 g/mol. The van der Waals surface area contributed by atoms with Gasteiger partial charge >= 0.3 is 5.97 Å². The van der Waals surface area contributed by atoms with Crippen molar-refractivity contribution in [2.75, 3.05) is 13.2 Å². The van der Waals surface area contributed by atoms with Crippen molar-refractivity contribution in [3.05, 3.63) is 86.2 Å². The molecule has 0 bridgehead atoms. The summed E-state index contributed by atoms with van der Waals surface area (Å²) in [6, 6.07) is 11.4. The smallest absolute Gasteiger partial charge is 0.341 e. The Morgan fingerprint density at radius 2 is 2.05 bits per heavy atom. The number of fused-ring (bicyclic) bond motifs is 2. The summed E-state index contributed by atoms with van der Waals surface area (Å²) in [5.74, 6) is -1.29. The summed E-state index contributed by atoms with van der Waals surface area (Å²) in [4.78, 5) is 49.1. The largest absolute Gasteiger partial charge is 0.462 e. The molecule has 9 nitrogen and oxygen atoms in total. The first-order valence-electron chi connectivity index (χ1n) is 12.1. The van der Waals surface area contributed by atoms with Crippen LogP contribution < -0.4 is 11.0 Å². The van der Waals surface area contributed by atoms with Crippen molar-refractivity contribution in [3.8, 4) is 0 Å². The molecule has 1 aliphatic heterocycles. The second-order valence-corrected chi connectivity index (χ2v) is 9.25. The van der Waals surface area contributed by atoms with Crippen LogP contribution in [0.25, 0.3) is 16.7 Å². The molecule has 37 heavy (non-hydrogen) atoms. The topological polar surface area (TPSA) is 104 Å². The highest BCUT2D eigenvalue weighted by Crippen LogP contribution is 2.18. The molecule has 0 aliphatic carbocycles. The molecule has 5 rings (SSSR count). The maximum atomic E-state index is 13.6. The first-order chi connectivity index (χ1) is 17.9. The quantitative estimate of drug-likeness (QED) is 0.293. The van der Waals surface area contributed by atoms with Crippen LogP contribution in [0.5, 0.6) is 0 Å². The van der Waals surface area contributed by atoms with Crippen LogP contribution in [-0.4, -0.2) is 45.1 Å². The van der Waals surface area contributed by atoms with E-state index in [0.717, 1.165) is 18.4 Å². The van der Waals surface area contributed by atoms with E-state index >= 15 is 0 Å². The van der Waals surface area contributed by atoms with Gasteiger partial charge in [-0.25, -0.2) is 9.78 Å². The van der Waals surface area contributed by atoms with E-state index in [1.807, 2.05) is 13.0 Å². The van der Waals surface area contributed by atoms with E-state index in [1.165, 1.54) is 16.5 Å². The van der Waals surface area contributed by atoms with Crippen molar-refractivity contribution < 1.29 is 19.1 Å². The van der Waals surface area contributed by atoms with E-state index in [0.29, 0.717) is 22.9 Å². The van der Waals surface area contributed by atoms with Gasteiger partial charge in [0.1, 0.15) is 16.9 Å². The molecule has 1 fully saturated rings. The molecule has 1 atom stereocenters. The van der Waals surface area contributed by atoms with Gasteiger partial charge in [-0.2, -0.15) is 4.99 Å². The fourth-order valence-corrected chi connectivity index (χ4v) is 4.70. The first kappa shape index (κ1) is 24.9. The SMILES string of the molecule is CCOC(=O)c1cc2c(=O)n3cccc(C)c3nc2n(C[C@@H]2CCCO2)c1=NC(=O)c1cccc(Cl)c1. The van der Waals surface area contributed by atoms with Crippen LogP contribution in [0, 0.1) is 6.92 Å². The molecule has 0 radical (unpaired) electrons. The number of ether oxygens (including phenoxy) is 2. The Bertz CT molecular complexity index is 1670. The Morgan fingerprint density at radius 3 is 2.78 bits per heavy atom. The van der Waals surface area contributed by atoms with Crippen molar-refractivity contribution in [2.24, 2.45) is 4.99 Å². The van der Waals surface area contributed by atoms with Crippen molar-refractivity contribution >= 4 is 40.2 Å². The number of aromatic nitrogens is 3. The minimum atomic E-state index is -0.697. The second-order valence-electron chi connectivity index (χ2n) is 8.81. The van der Waals surface area contributed by atoms with Gasteiger partial charge in [-0.1, -0.05) is 23.7 Å². The van der Waals surface area contributed by atoms with Crippen LogP contribution >= 0.6 is 11.6 Å².